The average Bonchev–Trinajstić information content (AvgIpc) is 3.40. The number of aromatic nitrogens is 2. The molecule has 1 fully saturated rings. The smallest absolute Gasteiger partial charge is 0.224 e. The maximum absolute atomic E-state index is 14.2. The third-order valence-electron chi connectivity index (χ3n) is 6.57. The topological polar surface area (TPSA) is 52.6 Å². The largest absolute Gasteiger partial charge is 0.366 e. The fraction of sp³-hybridized carbons (Fsp3) is 0.276. The number of rotatable bonds is 9. The van der Waals surface area contributed by atoms with Gasteiger partial charge in [0.2, 0.25) is 11.0 Å². The van der Waals surface area contributed by atoms with Crippen LogP contribution in [0.4, 0.5) is 15.2 Å². The van der Waals surface area contributed by atoms with E-state index in [1.807, 2.05) is 52.3 Å². The molecule has 3 aromatic carbocycles. The summed E-state index contributed by atoms with van der Waals surface area (Å²) in [5.74, 6) is 0.683. The monoisotopic (exact) mass is 515 g/mol. The van der Waals surface area contributed by atoms with Gasteiger partial charge in [0.15, 0.2) is 0 Å². The molecule has 0 atom stereocenters. The molecule has 2 heterocycles. The maximum Gasteiger partial charge on any atom is 0.224 e. The highest BCUT2D eigenvalue weighted by Gasteiger charge is 2.24. The summed E-state index contributed by atoms with van der Waals surface area (Å²) in [5.41, 5.74) is 2.94. The number of nitrogens with zero attached hydrogens (tertiary/aromatic N) is 5. The molecule has 0 unspecified atom stereocenters. The Morgan fingerprint density at radius 1 is 0.865 bits per heavy atom. The molecular formula is C29H30FN5OS. The molecule has 1 aliphatic heterocycles. The Bertz CT molecular complexity index is 1290. The Morgan fingerprint density at radius 2 is 1.51 bits per heavy atom. The zero-order valence-corrected chi connectivity index (χ0v) is 21.5. The number of carbonyl (C=O) groups is 1. The Hall–Kier alpha value is -3.78. The van der Waals surface area contributed by atoms with Gasteiger partial charge in [0, 0.05) is 63.6 Å². The first kappa shape index (κ1) is 24.9. The van der Waals surface area contributed by atoms with Crippen molar-refractivity contribution in [1.29, 1.82) is 0 Å². The number of anilines is 2. The van der Waals surface area contributed by atoms with Crippen LogP contribution in [-0.2, 0) is 17.8 Å². The molecule has 0 N–H and O–H groups in total. The minimum absolute atomic E-state index is 0.111. The second-order valence-corrected chi connectivity index (χ2v) is 9.86. The quantitative estimate of drug-likeness (QED) is 0.314. The van der Waals surface area contributed by atoms with Crippen molar-refractivity contribution >= 4 is 28.3 Å². The first-order valence-electron chi connectivity index (χ1n) is 12.6. The minimum Gasteiger partial charge on any atom is -0.366 e. The fourth-order valence-corrected chi connectivity index (χ4v) is 5.27. The highest BCUT2D eigenvalue weighted by molar-refractivity contribution is 7.09. The summed E-state index contributed by atoms with van der Waals surface area (Å²) in [5, 5.41) is 0.826. The van der Waals surface area contributed by atoms with E-state index >= 15 is 0 Å². The zero-order valence-electron chi connectivity index (χ0n) is 20.7. The van der Waals surface area contributed by atoms with Gasteiger partial charge in [0.25, 0.3) is 0 Å². The van der Waals surface area contributed by atoms with Crippen LogP contribution in [0.1, 0.15) is 23.4 Å². The second kappa shape index (κ2) is 12.0. The summed E-state index contributed by atoms with van der Waals surface area (Å²) < 4.78 is 18.8. The molecule has 4 aromatic rings. The third kappa shape index (κ3) is 6.51. The number of benzene rings is 3. The summed E-state index contributed by atoms with van der Waals surface area (Å²) in [4.78, 5) is 24.0. The number of amides is 1. The lowest BCUT2D eigenvalue weighted by Crippen LogP contribution is -2.49. The molecule has 8 heteroatoms. The van der Waals surface area contributed by atoms with Gasteiger partial charge in [-0.3, -0.25) is 4.79 Å². The fourth-order valence-electron chi connectivity index (χ4n) is 4.56. The van der Waals surface area contributed by atoms with Gasteiger partial charge in [-0.15, -0.1) is 0 Å². The lowest BCUT2D eigenvalue weighted by Gasteiger charge is -2.36. The van der Waals surface area contributed by atoms with Gasteiger partial charge in [0.1, 0.15) is 11.6 Å². The number of hydrogen-bond donors (Lipinski definition) is 0. The molecule has 1 aromatic heterocycles. The van der Waals surface area contributed by atoms with Gasteiger partial charge in [-0.2, -0.15) is 4.37 Å². The predicted molar refractivity (Wildman–Crippen MR) is 146 cm³/mol. The van der Waals surface area contributed by atoms with Gasteiger partial charge >= 0.3 is 0 Å². The van der Waals surface area contributed by atoms with Crippen molar-refractivity contribution in [3.8, 4) is 0 Å². The first-order chi connectivity index (χ1) is 18.2. The van der Waals surface area contributed by atoms with Crippen LogP contribution in [0.3, 0.4) is 0 Å². The Kier molecular flexibility index (Phi) is 8.05. The van der Waals surface area contributed by atoms with Crippen molar-refractivity contribution in [2.75, 3.05) is 42.5 Å². The van der Waals surface area contributed by atoms with Gasteiger partial charge < -0.3 is 14.7 Å². The van der Waals surface area contributed by atoms with Crippen LogP contribution < -0.4 is 9.80 Å². The van der Waals surface area contributed by atoms with E-state index in [0.29, 0.717) is 57.8 Å². The van der Waals surface area contributed by atoms with E-state index in [-0.39, 0.29) is 11.7 Å². The summed E-state index contributed by atoms with van der Waals surface area (Å²) in [6.45, 7) is 3.65. The maximum atomic E-state index is 14.2. The summed E-state index contributed by atoms with van der Waals surface area (Å²) in [7, 11) is 0. The minimum atomic E-state index is -0.220. The summed E-state index contributed by atoms with van der Waals surface area (Å²) >= 11 is 1.38. The second-order valence-electron chi connectivity index (χ2n) is 9.13. The Labute approximate surface area is 221 Å². The molecular weight excluding hydrogens is 485 g/mol. The molecule has 0 spiro atoms. The predicted octanol–water partition coefficient (Wildman–Crippen LogP) is 5.01. The normalized spacial score (nSPS) is 13.5. The molecule has 1 amide bonds. The molecule has 0 aliphatic carbocycles. The van der Waals surface area contributed by atoms with E-state index in [1.165, 1.54) is 23.2 Å². The molecule has 1 saturated heterocycles. The van der Waals surface area contributed by atoms with Gasteiger partial charge in [-0.25, -0.2) is 9.37 Å². The third-order valence-corrected chi connectivity index (χ3v) is 7.39. The first-order valence-corrected chi connectivity index (χ1v) is 13.4. The van der Waals surface area contributed by atoms with Gasteiger partial charge in [0.05, 0.1) is 5.69 Å². The average molecular weight is 516 g/mol. The molecule has 5 rings (SSSR count). The number of piperazine rings is 1. The number of para-hydroxylation sites is 1. The number of hydrogen-bond acceptors (Lipinski definition) is 6. The van der Waals surface area contributed by atoms with Crippen molar-refractivity contribution in [1.82, 2.24) is 14.3 Å². The van der Waals surface area contributed by atoms with Crippen molar-refractivity contribution in [2.24, 2.45) is 0 Å². The molecule has 6 nitrogen and oxygen atoms in total. The standard InChI is InChI=1S/C29H30FN5OS/c30-25-13-7-8-14-26(25)33-17-19-34(20-18-33)28(36)15-16-35(22-24-11-5-2-6-12-24)29-31-27(32-37-29)21-23-9-3-1-4-10-23/h1-14H,15-22H2. The van der Waals surface area contributed by atoms with Gasteiger partial charge in [-0.1, -0.05) is 72.8 Å². The van der Waals surface area contributed by atoms with E-state index in [9.17, 15) is 9.18 Å². The van der Waals surface area contributed by atoms with Crippen LogP contribution in [0.2, 0.25) is 0 Å². The highest BCUT2D eigenvalue weighted by Crippen LogP contribution is 2.23. The van der Waals surface area contributed by atoms with E-state index < -0.39 is 0 Å². The Morgan fingerprint density at radius 3 is 2.22 bits per heavy atom. The number of halogens is 1. The van der Waals surface area contributed by atoms with Crippen LogP contribution in [-0.4, -0.2) is 52.9 Å². The van der Waals surface area contributed by atoms with Crippen molar-refractivity contribution < 1.29 is 9.18 Å². The van der Waals surface area contributed by atoms with E-state index in [1.54, 1.807) is 12.1 Å². The van der Waals surface area contributed by atoms with E-state index in [2.05, 4.69) is 33.5 Å². The number of carbonyl (C=O) groups excluding carboxylic acids is 1. The molecule has 190 valence electrons. The molecule has 0 saturated carbocycles. The van der Waals surface area contributed by atoms with Crippen LogP contribution >= 0.6 is 11.5 Å². The molecule has 1 aliphatic rings. The van der Waals surface area contributed by atoms with Crippen LogP contribution in [0.25, 0.3) is 0 Å². The van der Waals surface area contributed by atoms with Crippen LogP contribution in [0, 0.1) is 5.82 Å². The van der Waals surface area contributed by atoms with Crippen LogP contribution in [0.5, 0.6) is 0 Å². The molecule has 0 bridgehead atoms. The van der Waals surface area contributed by atoms with E-state index in [4.69, 9.17) is 4.98 Å². The van der Waals surface area contributed by atoms with Gasteiger partial charge in [-0.05, 0) is 23.3 Å². The van der Waals surface area contributed by atoms with Crippen molar-refractivity contribution in [3.05, 3.63) is 108 Å². The SMILES string of the molecule is O=C(CCN(Cc1ccccc1)c1nc(Cc2ccccc2)ns1)N1CCN(c2ccccc2F)CC1. The highest BCUT2D eigenvalue weighted by atomic mass is 32.1. The summed E-state index contributed by atoms with van der Waals surface area (Å²) in [6, 6.07) is 27.2. The lowest BCUT2D eigenvalue weighted by molar-refractivity contribution is -0.131. The van der Waals surface area contributed by atoms with Crippen LogP contribution in [0.15, 0.2) is 84.9 Å². The zero-order chi connectivity index (χ0) is 25.5. The van der Waals surface area contributed by atoms with E-state index in [0.717, 1.165) is 16.5 Å². The molecule has 37 heavy (non-hydrogen) atoms. The van der Waals surface area contributed by atoms with Crippen molar-refractivity contribution in [2.45, 2.75) is 19.4 Å². The molecule has 0 radical (unpaired) electrons. The summed E-state index contributed by atoms with van der Waals surface area (Å²) in [6.07, 6.45) is 1.07. The lowest BCUT2D eigenvalue weighted by atomic mass is 10.1. The Balaban J connectivity index is 1.21. The van der Waals surface area contributed by atoms with Crippen molar-refractivity contribution in [3.63, 3.8) is 0 Å².